The first kappa shape index (κ1) is 9.27. The molecular formula is C10H16N4. The van der Waals surface area contributed by atoms with E-state index in [1.54, 1.807) is 6.20 Å². The van der Waals surface area contributed by atoms with Gasteiger partial charge < -0.3 is 10.3 Å². The molecule has 1 saturated heterocycles. The summed E-state index contributed by atoms with van der Waals surface area (Å²) in [5.74, 6) is 6.33. The van der Waals surface area contributed by atoms with Crippen LogP contribution in [0.1, 0.15) is 19.3 Å². The Hall–Kier alpha value is -1.29. The molecule has 1 fully saturated rings. The molecule has 0 atom stereocenters. The Morgan fingerprint density at radius 1 is 1.21 bits per heavy atom. The number of nitrogens with two attached hydrogens (primary N) is 1. The van der Waals surface area contributed by atoms with Gasteiger partial charge in [-0.15, -0.1) is 0 Å². The van der Waals surface area contributed by atoms with E-state index >= 15 is 0 Å². The molecule has 1 aliphatic heterocycles. The van der Waals surface area contributed by atoms with Crippen molar-refractivity contribution >= 4 is 11.5 Å². The molecule has 0 bridgehead atoms. The monoisotopic (exact) mass is 192 g/mol. The largest absolute Gasteiger partial charge is 0.357 e. The molecule has 4 nitrogen and oxygen atoms in total. The van der Waals surface area contributed by atoms with Crippen LogP contribution in [0.4, 0.5) is 11.5 Å². The number of hydrogen-bond donors (Lipinski definition) is 2. The van der Waals surface area contributed by atoms with Crippen molar-refractivity contribution in [1.82, 2.24) is 4.98 Å². The Kier molecular flexibility index (Phi) is 2.84. The number of hydrazine groups is 1. The molecule has 1 aromatic rings. The van der Waals surface area contributed by atoms with Crippen molar-refractivity contribution in [3.8, 4) is 0 Å². The molecule has 0 amide bonds. The highest BCUT2D eigenvalue weighted by molar-refractivity contribution is 5.47. The normalized spacial score (nSPS) is 16.8. The van der Waals surface area contributed by atoms with Crippen LogP contribution in [0.25, 0.3) is 0 Å². The van der Waals surface area contributed by atoms with E-state index in [0.717, 1.165) is 24.6 Å². The van der Waals surface area contributed by atoms with Gasteiger partial charge in [-0.3, -0.25) is 5.84 Å². The third kappa shape index (κ3) is 1.96. The Balaban J connectivity index is 2.07. The zero-order valence-corrected chi connectivity index (χ0v) is 8.24. The second-order valence-corrected chi connectivity index (χ2v) is 3.60. The van der Waals surface area contributed by atoms with Gasteiger partial charge >= 0.3 is 0 Å². The molecule has 1 aliphatic rings. The minimum Gasteiger partial charge on any atom is -0.357 e. The minimum atomic E-state index is 0.853. The van der Waals surface area contributed by atoms with Crippen LogP contribution in [-0.2, 0) is 0 Å². The van der Waals surface area contributed by atoms with Crippen molar-refractivity contribution < 1.29 is 0 Å². The van der Waals surface area contributed by atoms with E-state index in [1.807, 2.05) is 12.1 Å². The van der Waals surface area contributed by atoms with Crippen LogP contribution in [0.3, 0.4) is 0 Å². The summed E-state index contributed by atoms with van der Waals surface area (Å²) in [7, 11) is 0. The Morgan fingerprint density at radius 3 is 2.57 bits per heavy atom. The van der Waals surface area contributed by atoms with Gasteiger partial charge in [0.05, 0.1) is 11.9 Å². The molecule has 0 aliphatic carbocycles. The van der Waals surface area contributed by atoms with Gasteiger partial charge in [-0.1, -0.05) is 0 Å². The molecule has 4 heteroatoms. The van der Waals surface area contributed by atoms with E-state index in [1.165, 1.54) is 19.3 Å². The lowest BCUT2D eigenvalue weighted by atomic mass is 10.1. The lowest BCUT2D eigenvalue weighted by Gasteiger charge is -2.27. The third-order valence-electron chi connectivity index (χ3n) is 2.59. The summed E-state index contributed by atoms with van der Waals surface area (Å²) in [6, 6.07) is 3.97. The number of nitrogens with one attached hydrogen (secondary N) is 1. The van der Waals surface area contributed by atoms with Crippen molar-refractivity contribution in [1.29, 1.82) is 0 Å². The number of anilines is 2. The van der Waals surface area contributed by atoms with Crippen molar-refractivity contribution in [2.24, 2.45) is 5.84 Å². The topological polar surface area (TPSA) is 54.2 Å². The Morgan fingerprint density at radius 2 is 2.00 bits per heavy atom. The van der Waals surface area contributed by atoms with E-state index in [0.29, 0.717) is 0 Å². The zero-order chi connectivity index (χ0) is 9.80. The number of nitrogens with zero attached hydrogens (tertiary/aromatic N) is 2. The van der Waals surface area contributed by atoms with Crippen LogP contribution >= 0.6 is 0 Å². The first-order valence-corrected chi connectivity index (χ1v) is 5.08. The summed E-state index contributed by atoms with van der Waals surface area (Å²) < 4.78 is 0. The molecule has 2 rings (SSSR count). The molecule has 2 heterocycles. The van der Waals surface area contributed by atoms with E-state index in [-0.39, 0.29) is 0 Å². The highest BCUT2D eigenvalue weighted by Crippen LogP contribution is 2.18. The van der Waals surface area contributed by atoms with Crippen LogP contribution in [0.5, 0.6) is 0 Å². The fourth-order valence-electron chi connectivity index (χ4n) is 1.78. The molecule has 0 saturated carbocycles. The number of hydrogen-bond acceptors (Lipinski definition) is 4. The maximum Gasteiger partial charge on any atom is 0.128 e. The number of nitrogen functional groups attached to an aromatic ring is 1. The maximum atomic E-state index is 5.27. The van der Waals surface area contributed by atoms with Crippen LogP contribution in [0, 0.1) is 0 Å². The maximum absolute atomic E-state index is 5.27. The van der Waals surface area contributed by atoms with Crippen LogP contribution in [0.15, 0.2) is 18.3 Å². The summed E-state index contributed by atoms with van der Waals surface area (Å²) in [5, 5.41) is 0. The second kappa shape index (κ2) is 4.28. The number of pyridine rings is 1. The predicted molar refractivity (Wildman–Crippen MR) is 58.1 cm³/mol. The summed E-state index contributed by atoms with van der Waals surface area (Å²) in [6.45, 7) is 2.25. The molecule has 0 radical (unpaired) electrons. The smallest absolute Gasteiger partial charge is 0.128 e. The van der Waals surface area contributed by atoms with E-state index in [4.69, 9.17) is 5.84 Å². The summed E-state index contributed by atoms with van der Waals surface area (Å²) in [4.78, 5) is 6.68. The highest BCUT2D eigenvalue weighted by Gasteiger charge is 2.11. The average molecular weight is 192 g/mol. The van der Waals surface area contributed by atoms with Crippen molar-refractivity contribution in [3.63, 3.8) is 0 Å². The number of aromatic nitrogens is 1. The van der Waals surface area contributed by atoms with Gasteiger partial charge in [0.1, 0.15) is 5.82 Å². The SMILES string of the molecule is NNc1ccc(N2CCCCC2)nc1. The molecular weight excluding hydrogens is 176 g/mol. The molecule has 1 aromatic heterocycles. The fourth-order valence-corrected chi connectivity index (χ4v) is 1.78. The lowest BCUT2D eigenvalue weighted by Crippen LogP contribution is -2.30. The molecule has 76 valence electrons. The quantitative estimate of drug-likeness (QED) is 0.548. The van der Waals surface area contributed by atoms with E-state index < -0.39 is 0 Å². The van der Waals surface area contributed by atoms with Gasteiger partial charge in [-0.05, 0) is 31.4 Å². The van der Waals surface area contributed by atoms with Gasteiger partial charge in [0.15, 0.2) is 0 Å². The molecule has 0 aromatic carbocycles. The first-order chi connectivity index (χ1) is 6.90. The van der Waals surface area contributed by atoms with Crippen molar-refractivity contribution in [2.45, 2.75) is 19.3 Å². The Labute approximate surface area is 84.1 Å². The van der Waals surface area contributed by atoms with E-state index in [9.17, 15) is 0 Å². The third-order valence-corrected chi connectivity index (χ3v) is 2.59. The van der Waals surface area contributed by atoms with Gasteiger partial charge in [-0.25, -0.2) is 4.98 Å². The first-order valence-electron chi connectivity index (χ1n) is 5.08. The second-order valence-electron chi connectivity index (χ2n) is 3.60. The van der Waals surface area contributed by atoms with Crippen molar-refractivity contribution in [3.05, 3.63) is 18.3 Å². The minimum absolute atomic E-state index is 0.853. The molecule has 14 heavy (non-hydrogen) atoms. The standard InChI is InChI=1S/C10H16N4/c11-13-9-4-5-10(12-8-9)14-6-2-1-3-7-14/h4-5,8,13H,1-3,6-7,11H2. The van der Waals surface area contributed by atoms with Crippen molar-refractivity contribution in [2.75, 3.05) is 23.4 Å². The highest BCUT2D eigenvalue weighted by atomic mass is 15.2. The zero-order valence-electron chi connectivity index (χ0n) is 8.24. The molecule has 0 unspecified atom stereocenters. The predicted octanol–water partition coefficient (Wildman–Crippen LogP) is 1.36. The number of rotatable bonds is 2. The fraction of sp³-hybridized carbons (Fsp3) is 0.500. The van der Waals surface area contributed by atoms with Crippen LogP contribution < -0.4 is 16.2 Å². The Bertz CT molecular complexity index is 277. The summed E-state index contributed by atoms with van der Waals surface area (Å²) >= 11 is 0. The summed E-state index contributed by atoms with van der Waals surface area (Å²) in [6.07, 6.45) is 5.67. The van der Waals surface area contributed by atoms with Gasteiger partial charge in [0.2, 0.25) is 0 Å². The summed E-state index contributed by atoms with van der Waals surface area (Å²) in [5.41, 5.74) is 3.43. The lowest BCUT2D eigenvalue weighted by molar-refractivity contribution is 0.573. The van der Waals surface area contributed by atoms with Gasteiger partial charge in [0, 0.05) is 13.1 Å². The number of piperidine rings is 1. The molecule has 0 spiro atoms. The van der Waals surface area contributed by atoms with Crippen LogP contribution in [-0.4, -0.2) is 18.1 Å². The van der Waals surface area contributed by atoms with Gasteiger partial charge in [-0.2, -0.15) is 0 Å². The average Bonchev–Trinajstić information content (AvgIpc) is 2.30. The van der Waals surface area contributed by atoms with Gasteiger partial charge in [0.25, 0.3) is 0 Å². The van der Waals surface area contributed by atoms with Crippen LogP contribution in [0.2, 0.25) is 0 Å². The van der Waals surface area contributed by atoms with E-state index in [2.05, 4.69) is 15.3 Å². The molecule has 3 N–H and O–H groups in total.